The predicted octanol–water partition coefficient (Wildman–Crippen LogP) is 1.83. The van der Waals surface area contributed by atoms with Crippen LogP contribution < -0.4 is 5.32 Å². The monoisotopic (exact) mass is 177 g/mol. The molecule has 0 amide bonds. The number of carbonyl (C=O) groups is 1. The summed E-state index contributed by atoms with van der Waals surface area (Å²) in [6.45, 7) is 0. The summed E-state index contributed by atoms with van der Waals surface area (Å²) >= 11 is 0. The molecule has 3 nitrogen and oxygen atoms in total. The third-order valence-electron chi connectivity index (χ3n) is 1.62. The van der Waals surface area contributed by atoms with Crippen molar-refractivity contribution in [1.29, 1.82) is 0 Å². The summed E-state index contributed by atoms with van der Waals surface area (Å²) in [4.78, 5) is 10.2. The van der Waals surface area contributed by atoms with E-state index in [1.54, 1.807) is 6.08 Å². The Morgan fingerprint density at radius 3 is 2.46 bits per heavy atom. The zero-order chi connectivity index (χ0) is 9.68. The predicted molar refractivity (Wildman–Crippen MR) is 52.7 cm³/mol. The van der Waals surface area contributed by atoms with E-state index in [2.05, 4.69) is 5.32 Å². The summed E-state index contributed by atoms with van der Waals surface area (Å²) in [7, 11) is 1.84. The summed E-state index contributed by atoms with van der Waals surface area (Å²) in [5, 5.41) is 11.4. The van der Waals surface area contributed by atoms with Gasteiger partial charge in [0.05, 0.1) is 0 Å². The van der Waals surface area contributed by atoms with Crippen molar-refractivity contribution in [2.45, 2.75) is 0 Å². The van der Waals surface area contributed by atoms with Gasteiger partial charge in [0, 0.05) is 18.8 Å². The van der Waals surface area contributed by atoms with Crippen LogP contribution in [-0.2, 0) is 4.79 Å². The van der Waals surface area contributed by atoms with Crippen molar-refractivity contribution in [3.05, 3.63) is 35.9 Å². The number of carboxylic acid groups (broad SMARTS) is 1. The Balaban J connectivity index is 2.75. The largest absolute Gasteiger partial charge is 0.478 e. The van der Waals surface area contributed by atoms with E-state index in [0.29, 0.717) is 0 Å². The zero-order valence-corrected chi connectivity index (χ0v) is 7.32. The van der Waals surface area contributed by atoms with Crippen LogP contribution in [0.3, 0.4) is 0 Å². The second-order valence-electron chi connectivity index (χ2n) is 2.54. The molecule has 0 aromatic heterocycles. The van der Waals surface area contributed by atoms with Gasteiger partial charge in [-0.05, 0) is 23.8 Å². The fourth-order valence-corrected chi connectivity index (χ4v) is 0.928. The normalized spacial score (nSPS) is 10.2. The molecular formula is C10H11NO2. The molecule has 0 fully saturated rings. The highest BCUT2D eigenvalue weighted by Gasteiger charge is 1.90. The molecule has 0 atom stereocenters. The van der Waals surface area contributed by atoms with Crippen LogP contribution in [0.5, 0.6) is 0 Å². The highest BCUT2D eigenvalue weighted by atomic mass is 16.4. The van der Waals surface area contributed by atoms with E-state index in [9.17, 15) is 4.79 Å². The minimum atomic E-state index is -0.933. The first-order valence-corrected chi connectivity index (χ1v) is 3.91. The average molecular weight is 177 g/mol. The fourth-order valence-electron chi connectivity index (χ4n) is 0.928. The number of carboxylic acids is 1. The highest BCUT2D eigenvalue weighted by molar-refractivity contribution is 5.85. The molecule has 0 spiro atoms. The average Bonchev–Trinajstić information content (AvgIpc) is 2.15. The van der Waals surface area contributed by atoms with Crippen LogP contribution in [0.4, 0.5) is 5.69 Å². The quantitative estimate of drug-likeness (QED) is 0.692. The first kappa shape index (κ1) is 9.32. The van der Waals surface area contributed by atoms with Gasteiger partial charge >= 0.3 is 5.97 Å². The van der Waals surface area contributed by atoms with Crippen LogP contribution in [0.25, 0.3) is 6.08 Å². The summed E-state index contributed by atoms with van der Waals surface area (Å²) in [6, 6.07) is 7.49. The lowest BCUT2D eigenvalue weighted by Gasteiger charge is -1.98. The van der Waals surface area contributed by atoms with E-state index in [0.717, 1.165) is 17.3 Å². The Labute approximate surface area is 76.7 Å². The molecule has 68 valence electrons. The number of aliphatic carboxylic acids is 1. The summed E-state index contributed by atoms with van der Waals surface area (Å²) < 4.78 is 0. The smallest absolute Gasteiger partial charge is 0.328 e. The number of rotatable bonds is 3. The maximum atomic E-state index is 10.2. The van der Waals surface area contributed by atoms with Crippen molar-refractivity contribution in [2.24, 2.45) is 0 Å². The minimum Gasteiger partial charge on any atom is -0.478 e. The van der Waals surface area contributed by atoms with E-state index in [4.69, 9.17) is 5.11 Å². The van der Waals surface area contributed by atoms with Gasteiger partial charge in [0.1, 0.15) is 0 Å². The van der Waals surface area contributed by atoms with Crippen molar-refractivity contribution in [3.8, 4) is 0 Å². The number of anilines is 1. The molecule has 1 aromatic rings. The maximum absolute atomic E-state index is 10.2. The van der Waals surface area contributed by atoms with Gasteiger partial charge in [-0.15, -0.1) is 0 Å². The van der Waals surface area contributed by atoms with Gasteiger partial charge in [0.2, 0.25) is 0 Å². The highest BCUT2D eigenvalue weighted by Crippen LogP contribution is 2.09. The van der Waals surface area contributed by atoms with Gasteiger partial charge in [-0.1, -0.05) is 12.1 Å². The Bertz CT molecular complexity index is 314. The molecule has 1 rings (SSSR count). The minimum absolute atomic E-state index is 0.876. The molecule has 0 unspecified atom stereocenters. The molecule has 0 saturated heterocycles. The van der Waals surface area contributed by atoms with E-state index >= 15 is 0 Å². The van der Waals surface area contributed by atoms with Crippen LogP contribution in [-0.4, -0.2) is 18.1 Å². The van der Waals surface area contributed by atoms with Crippen molar-refractivity contribution in [2.75, 3.05) is 12.4 Å². The molecule has 0 aliphatic carbocycles. The lowest BCUT2D eigenvalue weighted by Crippen LogP contribution is -1.87. The van der Waals surface area contributed by atoms with Gasteiger partial charge in [-0.2, -0.15) is 0 Å². The summed E-state index contributed by atoms with van der Waals surface area (Å²) in [5.74, 6) is -0.933. The molecule has 13 heavy (non-hydrogen) atoms. The maximum Gasteiger partial charge on any atom is 0.328 e. The number of hydrogen-bond donors (Lipinski definition) is 2. The van der Waals surface area contributed by atoms with Crippen LogP contribution in [0.15, 0.2) is 30.3 Å². The Morgan fingerprint density at radius 1 is 1.38 bits per heavy atom. The third-order valence-corrected chi connectivity index (χ3v) is 1.62. The van der Waals surface area contributed by atoms with E-state index in [1.807, 2.05) is 31.3 Å². The lowest BCUT2D eigenvalue weighted by molar-refractivity contribution is -0.131. The SMILES string of the molecule is CNc1ccc(C=CC(=O)O)cc1. The van der Waals surface area contributed by atoms with E-state index < -0.39 is 5.97 Å². The summed E-state index contributed by atoms with van der Waals surface area (Å²) in [6.07, 6.45) is 2.68. The van der Waals surface area contributed by atoms with Crippen LogP contribution in [0.1, 0.15) is 5.56 Å². The molecule has 0 radical (unpaired) electrons. The molecule has 0 aliphatic rings. The molecular weight excluding hydrogens is 166 g/mol. The van der Waals surface area contributed by atoms with Crippen molar-refractivity contribution >= 4 is 17.7 Å². The van der Waals surface area contributed by atoms with Crippen LogP contribution in [0.2, 0.25) is 0 Å². The zero-order valence-electron chi connectivity index (χ0n) is 7.32. The van der Waals surface area contributed by atoms with Gasteiger partial charge in [0.15, 0.2) is 0 Å². The first-order chi connectivity index (χ1) is 6.22. The van der Waals surface area contributed by atoms with Crippen molar-refractivity contribution < 1.29 is 9.90 Å². The van der Waals surface area contributed by atoms with Gasteiger partial charge in [-0.25, -0.2) is 4.79 Å². The van der Waals surface area contributed by atoms with Gasteiger partial charge in [0.25, 0.3) is 0 Å². The molecule has 1 aromatic carbocycles. The third kappa shape index (κ3) is 2.99. The van der Waals surface area contributed by atoms with Gasteiger partial charge in [-0.3, -0.25) is 0 Å². The molecule has 2 N–H and O–H groups in total. The molecule has 0 aliphatic heterocycles. The topological polar surface area (TPSA) is 49.3 Å². The first-order valence-electron chi connectivity index (χ1n) is 3.91. The Hall–Kier alpha value is -1.77. The molecule has 0 saturated carbocycles. The second-order valence-corrected chi connectivity index (χ2v) is 2.54. The fraction of sp³-hybridized carbons (Fsp3) is 0.100. The summed E-state index contributed by atoms with van der Waals surface area (Å²) in [5.41, 5.74) is 1.88. The van der Waals surface area contributed by atoms with Crippen molar-refractivity contribution in [1.82, 2.24) is 0 Å². The molecule has 0 heterocycles. The standard InChI is InChI=1S/C10H11NO2/c1-11-9-5-2-8(3-6-9)4-7-10(12)13/h2-7,11H,1H3,(H,12,13). The lowest BCUT2D eigenvalue weighted by atomic mass is 10.2. The van der Waals surface area contributed by atoms with Gasteiger partial charge < -0.3 is 10.4 Å². The van der Waals surface area contributed by atoms with Crippen LogP contribution in [0, 0.1) is 0 Å². The molecule has 3 heteroatoms. The van der Waals surface area contributed by atoms with Crippen LogP contribution >= 0.6 is 0 Å². The van der Waals surface area contributed by atoms with E-state index in [1.165, 1.54) is 0 Å². The van der Waals surface area contributed by atoms with Crippen molar-refractivity contribution in [3.63, 3.8) is 0 Å². The van der Waals surface area contributed by atoms with E-state index in [-0.39, 0.29) is 0 Å². The number of hydrogen-bond acceptors (Lipinski definition) is 2. The second kappa shape index (κ2) is 4.30. The number of benzene rings is 1. The Morgan fingerprint density at radius 2 is 2.00 bits per heavy atom. The molecule has 0 bridgehead atoms. The number of nitrogens with one attached hydrogen (secondary N) is 1. The Kier molecular flexibility index (Phi) is 3.09.